The number of rotatable bonds is 8. The summed E-state index contributed by atoms with van der Waals surface area (Å²) >= 11 is 6.60. The molecule has 156 valence electrons. The Bertz CT molecular complexity index is 956. The van der Waals surface area contributed by atoms with Crippen molar-refractivity contribution in [2.24, 2.45) is 0 Å². The molecule has 30 heavy (non-hydrogen) atoms. The summed E-state index contributed by atoms with van der Waals surface area (Å²) in [4.78, 5) is 26.8. The van der Waals surface area contributed by atoms with Gasteiger partial charge in [-0.05, 0) is 55.7 Å². The van der Waals surface area contributed by atoms with Crippen LogP contribution in [0.1, 0.15) is 36.8 Å². The smallest absolute Gasteiger partial charge is 0.266 e. The molecule has 0 radical (unpaired) electrons. The molecule has 0 aromatic heterocycles. The Balaban J connectivity index is 1.40. The maximum absolute atomic E-state index is 13.0. The molecule has 1 fully saturated rings. The first kappa shape index (κ1) is 22.2. The van der Waals surface area contributed by atoms with Crippen LogP contribution in [0.15, 0.2) is 53.4 Å². The SMILES string of the molecule is Cc1ccc(NC(=O)CCCCCN2C(=O)/C(=C/c3ccc(F)cc3)SC2=S)cc1. The van der Waals surface area contributed by atoms with Gasteiger partial charge >= 0.3 is 0 Å². The molecule has 1 N–H and O–H groups in total. The number of benzene rings is 2. The standard InChI is InChI=1S/C23H23FN2O2S2/c1-16-6-12-19(13-7-16)25-21(27)5-3-2-4-14-26-22(28)20(30-23(26)29)15-17-8-10-18(24)11-9-17/h6-13,15H,2-5,14H2,1H3,(H,25,27)/b20-15-. The zero-order chi connectivity index (χ0) is 21.5. The zero-order valence-electron chi connectivity index (χ0n) is 16.7. The van der Waals surface area contributed by atoms with Crippen LogP contribution in [0.3, 0.4) is 0 Å². The fraction of sp³-hybridized carbons (Fsp3) is 0.261. The predicted octanol–water partition coefficient (Wildman–Crippen LogP) is 5.53. The number of thiocarbonyl (C=S) groups is 1. The summed E-state index contributed by atoms with van der Waals surface area (Å²) in [7, 11) is 0. The Morgan fingerprint density at radius 1 is 1.10 bits per heavy atom. The van der Waals surface area contributed by atoms with Crippen LogP contribution in [0.5, 0.6) is 0 Å². The van der Waals surface area contributed by atoms with Crippen LogP contribution in [-0.2, 0) is 9.59 Å². The van der Waals surface area contributed by atoms with Crippen LogP contribution in [0.4, 0.5) is 10.1 Å². The van der Waals surface area contributed by atoms with Gasteiger partial charge in [-0.15, -0.1) is 0 Å². The lowest BCUT2D eigenvalue weighted by atomic mass is 10.1. The lowest BCUT2D eigenvalue weighted by Gasteiger charge is -2.14. The van der Waals surface area contributed by atoms with Gasteiger partial charge in [0.25, 0.3) is 5.91 Å². The van der Waals surface area contributed by atoms with Crippen molar-refractivity contribution in [2.75, 3.05) is 11.9 Å². The van der Waals surface area contributed by atoms with Crippen molar-refractivity contribution >= 4 is 51.9 Å². The molecule has 2 aromatic carbocycles. The van der Waals surface area contributed by atoms with Crippen molar-refractivity contribution < 1.29 is 14.0 Å². The normalized spacial score (nSPS) is 15.1. The van der Waals surface area contributed by atoms with Gasteiger partial charge in [0, 0.05) is 18.7 Å². The molecule has 0 bridgehead atoms. The van der Waals surface area contributed by atoms with Crippen molar-refractivity contribution in [3.63, 3.8) is 0 Å². The van der Waals surface area contributed by atoms with Gasteiger partial charge in [0.05, 0.1) is 4.91 Å². The van der Waals surface area contributed by atoms with E-state index in [2.05, 4.69) is 5.32 Å². The molecule has 1 aliphatic rings. The fourth-order valence-corrected chi connectivity index (χ4v) is 4.30. The van der Waals surface area contributed by atoms with Crippen molar-refractivity contribution in [1.29, 1.82) is 0 Å². The highest BCUT2D eigenvalue weighted by molar-refractivity contribution is 8.26. The molecule has 1 aliphatic heterocycles. The minimum absolute atomic E-state index is 0.00769. The molecule has 7 heteroatoms. The zero-order valence-corrected chi connectivity index (χ0v) is 18.3. The van der Waals surface area contributed by atoms with Crippen LogP contribution in [0, 0.1) is 12.7 Å². The molecule has 0 aliphatic carbocycles. The van der Waals surface area contributed by atoms with E-state index in [9.17, 15) is 14.0 Å². The summed E-state index contributed by atoms with van der Waals surface area (Å²) in [5, 5.41) is 2.89. The molecule has 0 atom stereocenters. The average Bonchev–Trinajstić information content (AvgIpc) is 2.98. The molecule has 2 aromatic rings. The molecule has 4 nitrogen and oxygen atoms in total. The van der Waals surface area contributed by atoms with Gasteiger partial charge in [-0.3, -0.25) is 14.5 Å². The van der Waals surface area contributed by atoms with E-state index in [1.54, 1.807) is 23.1 Å². The number of nitrogens with one attached hydrogen (secondary N) is 1. The van der Waals surface area contributed by atoms with Crippen molar-refractivity contribution in [3.8, 4) is 0 Å². The third-order valence-electron chi connectivity index (χ3n) is 4.66. The highest BCUT2D eigenvalue weighted by atomic mass is 32.2. The second-order valence-electron chi connectivity index (χ2n) is 7.11. The number of nitrogens with zero attached hydrogens (tertiary/aromatic N) is 1. The van der Waals surface area contributed by atoms with E-state index >= 15 is 0 Å². The number of anilines is 1. The second kappa shape index (κ2) is 10.5. The summed E-state index contributed by atoms with van der Waals surface area (Å²) in [6.07, 6.45) is 4.52. The van der Waals surface area contributed by atoms with Gasteiger partial charge in [0.15, 0.2) is 0 Å². The first-order valence-corrected chi connectivity index (χ1v) is 11.0. The van der Waals surface area contributed by atoms with E-state index in [-0.39, 0.29) is 17.6 Å². The summed E-state index contributed by atoms with van der Waals surface area (Å²) < 4.78 is 13.6. The molecule has 3 rings (SSSR count). The van der Waals surface area contributed by atoms with E-state index in [0.717, 1.165) is 36.1 Å². The quantitative estimate of drug-likeness (QED) is 0.332. The summed E-state index contributed by atoms with van der Waals surface area (Å²) in [5.74, 6) is -0.439. The number of hydrogen-bond donors (Lipinski definition) is 1. The predicted molar refractivity (Wildman–Crippen MR) is 125 cm³/mol. The number of carbonyl (C=O) groups excluding carboxylic acids is 2. The van der Waals surface area contributed by atoms with Crippen molar-refractivity contribution in [3.05, 3.63) is 70.4 Å². The molecule has 2 amide bonds. The van der Waals surface area contributed by atoms with Crippen molar-refractivity contribution in [2.45, 2.75) is 32.6 Å². The number of unbranched alkanes of at least 4 members (excludes halogenated alkanes) is 2. The van der Waals surface area contributed by atoms with E-state index in [1.807, 2.05) is 31.2 Å². The lowest BCUT2D eigenvalue weighted by molar-refractivity contribution is -0.122. The summed E-state index contributed by atoms with van der Waals surface area (Å²) in [6.45, 7) is 2.54. The number of halogens is 1. The Kier molecular flexibility index (Phi) is 7.76. The number of aryl methyl sites for hydroxylation is 1. The second-order valence-corrected chi connectivity index (χ2v) is 8.79. The minimum atomic E-state index is -0.313. The fourth-order valence-electron chi connectivity index (χ4n) is 3.00. The van der Waals surface area contributed by atoms with E-state index in [4.69, 9.17) is 12.2 Å². The Morgan fingerprint density at radius 2 is 1.80 bits per heavy atom. The summed E-state index contributed by atoms with van der Waals surface area (Å²) in [5.41, 5.74) is 2.71. The Hall–Kier alpha value is -2.51. The highest BCUT2D eigenvalue weighted by Crippen LogP contribution is 2.32. The molecule has 1 heterocycles. The number of thioether (sulfide) groups is 1. The first-order chi connectivity index (χ1) is 14.4. The molecular formula is C23H23FN2O2S2. The van der Waals surface area contributed by atoms with E-state index in [0.29, 0.717) is 22.2 Å². The van der Waals surface area contributed by atoms with Crippen LogP contribution in [-0.4, -0.2) is 27.6 Å². The number of hydrogen-bond acceptors (Lipinski definition) is 4. The van der Waals surface area contributed by atoms with E-state index < -0.39 is 0 Å². The molecule has 0 unspecified atom stereocenters. The Labute approximate surface area is 185 Å². The van der Waals surface area contributed by atoms with Crippen LogP contribution < -0.4 is 5.32 Å². The highest BCUT2D eigenvalue weighted by Gasteiger charge is 2.31. The van der Waals surface area contributed by atoms with Gasteiger partial charge in [-0.1, -0.05) is 60.2 Å². The van der Waals surface area contributed by atoms with Gasteiger partial charge in [0.2, 0.25) is 5.91 Å². The average molecular weight is 443 g/mol. The van der Waals surface area contributed by atoms with Gasteiger partial charge < -0.3 is 5.32 Å². The number of amides is 2. The maximum atomic E-state index is 13.0. The largest absolute Gasteiger partial charge is 0.326 e. The molecule has 1 saturated heterocycles. The molecule has 0 saturated carbocycles. The third kappa shape index (κ3) is 6.24. The molecular weight excluding hydrogens is 419 g/mol. The van der Waals surface area contributed by atoms with Crippen molar-refractivity contribution in [1.82, 2.24) is 4.90 Å². The van der Waals surface area contributed by atoms with Crippen LogP contribution in [0.25, 0.3) is 6.08 Å². The minimum Gasteiger partial charge on any atom is -0.326 e. The summed E-state index contributed by atoms with van der Waals surface area (Å²) in [6, 6.07) is 13.7. The molecule has 0 spiro atoms. The first-order valence-electron chi connectivity index (χ1n) is 9.80. The van der Waals surface area contributed by atoms with Gasteiger partial charge in [-0.25, -0.2) is 4.39 Å². The number of carbonyl (C=O) groups is 2. The lowest BCUT2D eigenvalue weighted by Crippen LogP contribution is -2.29. The van der Waals surface area contributed by atoms with Crippen LogP contribution >= 0.6 is 24.0 Å². The van der Waals surface area contributed by atoms with Gasteiger partial charge in [-0.2, -0.15) is 0 Å². The topological polar surface area (TPSA) is 49.4 Å². The monoisotopic (exact) mass is 442 g/mol. The Morgan fingerprint density at radius 3 is 2.50 bits per heavy atom. The van der Waals surface area contributed by atoms with Crippen LogP contribution in [0.2, 0.25) is 0 Å². The maximum Gasteiger partial charge on any atom is 0.266 e. The van der Waals surface area contributed by atoms with Gasteiger partial charge in [0.1, 0.15) is 10.1 Å². The van der Waals surface area contributed by atoms with E-state index in [1.165, 1.54) is 23.9 Å². The third-order valence-corrected chi connectivity index (χ3v) is 6.04.